The Bertz CT molecular complexity index is 1110. The Morgan fingerprint density at radius 2 is 2.00 bits per heavy atom. The number of benzene rings is 1. The van der Waals surface area contributed by atoms with Gasteiger partial charge in [-0.05, 0) is 36.5 Å². The van der Waals surface area contributed by atoms with E-state index < -0.39 is 0 Å². The first-order chi connectivity index (χ1) is 17.2. The molecule has 1 aliphatic rings. The minimum Gasteiger partial charge on any atom is -0.481 e. The van der Waals surface area contributed by atoms with Crippen LogP contribution < -0.4 is 15.4 Å². The molecule has 0 spiro atoms. The summed E-state index contributed by atoms with van der Waals surface area (Å²) < 4.78 is 10.5. The number of aliphatic imine (C=N–C) groups is 1. The van der Waals surface area contributed by atoms with Gasteiger partial charge in [0.25, 0.3) is 5.91 Å². The molecule has 0 atom stereocenters. The average molecular weight is 512 g/mol. The van der Waals surface area contributed by atoms with E-state index >= 15 is 0 Å². The fraction of sp³-hybridized carbons (Fsp3) is 0.320. The topological polar surface area (TPSA) is 88.1 Å². The third-order valence-electron chi connectivity index (χ3n) is 5.51. The number of amides is 1. The Balaban J connectivity index is 1.29. The maximum absolute atomic E-state index is 12.8. The lowest BCUT2D eigenvalue weighted by Gasteiger charge is -2.26. The number of carbonyl (C=O) groups is 1. The molecule has 2 aromatic heterocycles. The summed E-state index contributed by atoms with van der Waals surface area (Å²) in [5.74, 6) is 1.15. The number of ether oxygens (including phenoxy) is 2. The Labute approximate surface area is 213 Å². The Morgan fingerprint density at radius 3 is 2.69 bits per heavy atom. The van der Waals surface area contributed by atoms with Crippen molar-refractivity contribution >= 4 is 46.4 Å². The summed E-state index contributed by atoms with van der Waals surface area (Å²) >= 11 is 2.98. The molecule has 184 valence electrons. The first kappa shape index (κ1) is 25.3. The van der Waals surface area contributed by atoms with Crippen LogP contribution in [0.15, 0.2) is 58.5 Å². The van der Waals surface area contributed by atoms with E-state index in [0.717, 1.165) is 72.0 Å². The van der Waals surface area contributed by atoms with Crippen molar-refractivity contribution in [3.63, 3.8) is 0 Å². The van der Waals surface area contributed by atoms with Crippen LogP contribution >= 0.6 is 23.1 Å². The molecular formula is C25H29N5O3S2. The lowest BCUT2D eigenvalue weighted by atomic mass is 10.1. The molecule has 0 aliphatic carbocycles. The molecule has 35 heavy (non-hydrogen) atoms. The van der Waals surface area contributed by atoms with Crippen molar-refractivity contribution in [3.05, 3.63) is 53.5 Å². The zero-order valence-corrected chi connectivity index (χ0v) is 21.3. The molecule has 4 rings (SSSR count). The summed E-state index contributed by atoms with van der Waals surface area (Å²) in [5.41, 5.74) is 2.71. The molecule has 1 aliphatic heterocycles. The number of aromatic nitrogens is 1. The number of methoxy groups -OCH3 is 1. The molecule has 1 amide bonds. The smallest absolute Gasteiger partial charge is 0.265 e. The Kier molecular flexibility index (Phi) is 9.27. The number of morpholine rings is 1. The van der Waals surface area contributed by atoms with E-state index in [1.807, 2.05) is 42.5 Å². The monoisotopic (exact) mass is 511 g/mol. The number of rotatable bonds is 11. The van der Waals surface area contributed by atoms with E-state index in [-0.39, 0.29) is 5.91 Å². The first-order valence-corrected chi connectivity index (χ1v) is 13.1. The van der Waals surface area contributed by atoms with Gasteiger partial charge in [-0.25, -0.2) is 4.98 Å². The Hall–Kier alpha value is -2.76. The predicted octanol–water partition coefficient (Wildman–Crippen LogP) is 4.37. The number of nitrogens with one attached hydrogen (secondary N) is 2. The van der Waals surface area contributed by atoms with Crippen LogP contribution in [0.5, 0.6) is 5.88 Å². The predicted molar refractivity (Wildman–Crippen MR) is 144 cm³/mol. The van der Waals surface area contributed by atoms with Crippen LogP contribution in [0.3, 0.4) is 0 Å². The van der Waals surface area contributed by atoms with Crippen molar-refractivity contribution in [1.29, 1.82) is 0 Å². The number of carbonyl (C=O) groups excluding carboxylic acids is 1. The fourth-order valence-electron chi connectivity index (χ4n) is 3.56. The van der Waals surface area contributed by atoms with Gasteiger partial charge >= 0.3 is 0 Å². The highest BCUT2D eigenvalue weighted by Gasteiger charge is 2.15. The van der Waals surface area contributed by atoms with Gasteiger partial charge in [0.15, 0.2) is 0 Å². The van der Waals surface area contributed by atoms with Gasteiger partial charge in [-0.2, -0.15) is 0 Å². The lowest BCUT2D eigenvalue weighted by Crippen LogP contribution is -2.40. The van der Waals surface area contributed by atoms with Crippen LogP contribution in [0, 0.1) is 0 Å². The third-order valence-corrected chi connectivity index (χ3v) is 7.67. The number of hydrogen-bond acceptors (Lipinski definition) is 9. The molecule has 3 aromatic rings. The van der Waals surface area contributed by atoms with Gasteiger partial charge in [0.1, 0.15) is 5.00 Å². The molecule has 0 saturated carbocycles. The fourth-order valence-corrected chi connectivity index (χ4v) is 5.48. The molecule has 0 radical (unpaired) electrons. The highest BCUT2D eigenvalue weighted by molar-refractivity contribution is 7.99. The van der Waals surface area contributed by atoms with Crippen molar-refractivity contribution in [1.82, 2.24) is 15.2 Å². The van der Waals surface area contributed by atoms with Crippen molar-refractivity contribution < 1.29 is 14.3 Å². The van der Waals surface area contributed by atoms with Crippen LogP contribution in [0.25, 0.3) is 11.1 Å². The lowest BCUT2D eigenvalue weighted by molar-refractivity contribution is 0.0386. The number of thiophene rings is 1. The molecule has 8 nitrogen and oxygen atoms in total. The normalized spacial score (nSPS) is 14.0. The van der Waals surface area contributed by atoms with Crippen molar-refractivity contribution in [3.8, 4) is 17.0 Å². The van der Waals surface area contributed by atoms with Gasteiger partial charge in [0, 0.05) is 60.5 Å². The van der Waals surface area contributed by atoms with Crippen molar-refractivity contribution in [2.45, 2.75) is 4.90 Å². The van der Waals surface area contributed by atoms with Crippen LogP contribution in [0.1, 0.15) is 9.67 Å². The van der Waals surface area contributed by atoms with E-state index in [1.165, 1.54) is 11.3 Å². The second-order valence-corrected chi connectivity index (χ2v) is 9.85. The van der Waals surface area contributed by atoms with E-state index in [4.69, 9.17) is 9.47 Å². The molecule has 1 saturated heterocycles. The van der Waals surface area contributed by atoms with Crippen LogP contribution in [-0.4, -0.2) is 74.9 Å². The zero-order valence-electron chi connectivity index (χ0n) is 19.7. The highest BCUT2D eigenvalue weighted by atomic mass is 32.2. The van der Waals surface area contributed by atoms with Crippen molar-refractivity contribution in [2.24, 2.45) is 4.99 Å². The van der Waals surface area contributed by atoms with Gasteiger partial charge in [0.2, 0.25) is 5.88 Å². The van der Waals surface area contributed by atoms with Gasteiger partial charge in [-0.1, -0.05) is 12.1 Å². The molecule has 10 heteroatoms. The zero-order chi connectivity index (χ0) is 24.5. The second-order valence-electron chi connectivity index (χ2n) is 7.80. The van der Waals surface area contributed by atoms with E-state index in [9.17, 15) is 4.79 Å². The molecule has 3 heterocycles. The molecule has 2 N–H and O–H groups in total. The number of hydrogen-bond donors (Lipinski definition) is 2. The quantitative estimate of drug-likeness (QED) is 0.171. The highest BCUT2D eigenvalue weighted by Crippen LogP contribution is 2.37. The van der Waals surface area contributed by atoms with Crippen LogP contribution in [0.4, 0.5) is 10.7 Å². The summed E-state index contributed by atoms with van der Waals surface area (Å²) in [6, 6.07) is 13.3. The van der Waals surface area contributed by atoms with Crippen molar-refractivity contribution in [2.75, 3.05) is 57.7 Å². The van der Waals surface area contributed by atoms with Gasteiger partial charge in [-0.3, -0.25) is 14.7 Å². The summed E-state index contributed by atoms with van der Waals surface area (Å²) in [7, 11) is 1.59. The van der Waals surface area contributed by atoms with Gasteiger partial charge < -0.3 is 20.1 Å². The minimum absolute atomic E-state index is 0.161. The summed E-state index contributed by atoms with van der Waals surface area (Å²) in [6.45, 7) is 9.18. The molecule has 1 fully saturated rings. The SMILES string of the molecule is C=Nc1sc(C(=O)Nc2ccc(-c3ccc(OC)nc3)cc2)cc1SCNCCN1CCOCC1. The molecule has 0 unspecified atom stereocenters. The van der Waals surface area contributed by atoms with Gasteiger partial charge in [-0.15, -0.1) is 23.1 Å². The first-order valence-electron chi connectivity index (χ1n) is 11.3. The maximum Gasteiger partial charge on any atom is 0.265 e. The summed E-state index contributed by atoms with van der Waals surface area (Å²) in [6.07, 6.45) is 1.76. The Morgan fingerprint density at radius 1 is 1.23 bits per heavy atom. The van der Waals surface area contributed by atoms with E-state index in [2.05, 4.69) is 32.2 Å². The molecular weight excluding hydrogens is 482 g/mol. The standard InChI is InChI=1S/C25H29N5O3S2/c1-26-25-22(34-17-27-9-10-30-11-13-33-14-12-30)15-21(35-25)24(31)29-20-6-3-18(4-7-20)19-5-8-23(32-2)28-16-19/h3-8,15-16,27H,1,9-14,17H2,2H3,(H,29,31). The van der Waals surface area contributed by atoms with Gasteiger partial charge in [0.05, 0.1) is 25.2 Å². The largest absolute Gasteiger partial charge is 0.481 e. The summed E-state index contributed by atoms with van der Waals surface area (Å²) in [4.78, 5) is 25.1. The van der Waals surface area contributed by atoms with E-state index in [1.54, 1.807) is 25.1 Å². The number of thioether (sulfide) groups is 1. The molecule has 0 bridgehead atoms. The number of nitrogens with zero attached hydrogens (tertiary/aromatic N) is 3. The minimum atomic E-state index is -0.161. The number of anilines is 1. The number of pyridine rings is 1. The van der Waals surface area contributed by atoms with Crippen LogP contribution in [-0.2, 0) is 4.74 Å². The summed E-state index contributed by atoms with van der Waals surface area (Å²) in [5, 5.41) is 7.17. The maximum atomic E-state index is 12.8. The second kappa shape index (κ2) is 12.8. The van der Waals surface area contributed by atoms with Crippen LogP contribution in [0.2, 0.25) is 0 Å². The molecule has 1 aromatic carbocycles. The third kappa shape index (κ3) is 7.12. The average Bonchev–Trinajstić information content (AvgIpc) is 3.33. The van der Waals surface area contributed by atoms with E-state index in [0.29, 0.717) is 10.8 Å².